The molecule has 1 amide bonds. The zero-order valence-electron chi connectivity index (χ0n) is 13.6. The number of amides is 1. The number of hydrogen-bond donors (Lipinski definition) is 1. The average molecular weight is 420 g/mol. The number of hydrogen-bond acceptors (Lipinski definition) is 6. The van der Waals surface area contributed by atoms with Gasteiger partial charge < -0.3 is 0 Å². The number of anilines is 1. The molecule has 4 aromatic rings. The highest BCUT2D eigenvalue weighted by Crippen LogP contribution is 2.27. The molecule has 0 bridgehead atoms. The second-order valence-electron chi connectivity index (χ2n) is 5.55. The molecular weight excluding hydrogens is 408 g/mol. The Labute approximate surface area is 165 Å². The standard InChI is InChI=1S/C18H11F2N3OS3/c19-12-2-1-10(14(20)6-12)5-13-7-21-18(27-13)23-16(24)15-9-26-17(22-15)11-3-4-25-8-11/h1-4,6-9H,5H2,(H,21,23,24). The lowest BCUT2D eigenvalue weighted by Gasteiger charge is -2.00. The van der Waals surface area contributed by atoms with Crippen molar-refractivity contribution in [2.24, 2.45) is 0 Å². The molecule has 136 valence electrons. The number of carbonyl (C=O) groups is 1. The van der Waals surface area contributed by atoms with Gasteiger partial charge >= 0.3 is 0 Å². The Morgan fingerprint density at radius 3 is 2.85 bits per heavy atom. The van der Waals surface area contributed by atoms with Crippen LogP contribution in [0.15, 0.2) is 46.6 Å². The van der Waals surface area contributed by atoms with Gasteiger partial charge in [-0.05, 0) is 23.1 Å². The van der Waals surface area contributed by atoms with Crippen LogP contribution in [0.3, 0.4) is 0 Å². The van der Waals surface area contributed by atoms with Crippen molar-refractivity contribution in [1.29, 1.82) is 0 Å². The van der Waals surface area contributed by atoms with Crippen molar-refractivity contribution in [3.63, 3.8) is 0 Å². The number of halogens is 2. The van der Waals surface area contributed by atoms with Crippen molar-refractivity contribution in [2.75, 3.05) is 5.32 Å². The Balaban J connectivity index is 1.44. The van der Waals surface area contributed by atoms with Crippen LogP contribution < -0.4 is 5.32 Å². The van der Waals surface area contributed by atoms with Gasteiger partial charge in [0.2, 0.25) is 0 Å². The van der Waals surface area contributed by atoms with E-state index in [2.05, 4.69) is 15.3 Å². The van der Waals surface area contributed by atoms with E-state index in [-0.39, 0.29) is 12.3 Å². The van der Waals surface area contributed by atoms with E-state index in [0.717, 1.165) is 21.5 Å². The Morgan fingerprint density at radius 1 is 1.19 bits per heavy atom. The smallest absolute Gasteiger partial charge is 0.276 e. The van der Waals surface area contributed by atoms with Crippen LogP contribution in [0.4, 0.5) is 13.9 Å². The maximum Gasteiger partial charge on any atom is 0.276 e. The number of thiazole rings is 2. The first-order valence-electron chi connectivity index (χ1n) is 7.76. The molecule has 1 aromatic carbocycles. The van der Waals surface area contributed by atoms with Crippen LogP contribution in [-0.2, 0) is 6.42 Å². The number of nitrogens with one attached hydrogen (secondary N) is 1. The fourth-order valence-corrected chi connectivity index (χ4v) is 4.70. The van der Waals surface area contributed by atoms with Gasteiger partial charge in [0.15, 0.2) is 5.13 Å². The number of rotatable bonds is 5. The van der Waals surface area contributed by atoms with Crippen molar-refractivity contribution in [1.82, 2.24) is 9.97 Å². The predicted molar refractivity (Wildman–Crippen MR) is 105 cm³/mol. The minimum atomic E-state index is -0.612. The monoisotopic (exact) mass is 419 g/mol. The highest BCUT2D eigenvalue weighted by Gasteiger charge is 2.15. The second kappa shape index (κ2) is 7.63. The Morgan fingerprint density at radius 2 is 2.07 bits per heavy atom. The van der Waals surface area contributed by atoms with E-state index < -0.39 is 11.6 Å². The van der Waals surface area contributed by atoms with Gasteiger partial charge in [-0.25, -0.2) is 18.7 Å². The number of aromatic nitrogens is 2. The van der Waals surface area contributed by atoms with E-state index in [0.29, 0.717) is 16.4 Å². The number of benzene rings is 1. The lowest BCUT2D eigenvalue weighted by Crippen LogP contribution is -2.11. The molecule has 0 spiro atoms. The second-order valence-corrected chi connectivity index (χ2v) is 8.30. The molecule has 0 saturated carbocycles. The molecule has 0 aliphatic heterocycles. The summed E-state index contributed by atoms with van der Waals surface area (Å²) in [5.41, 5.74) is 1.68. The topological polar surface area (TPSA) is 54.9 Å². The van der Waals surface area contributed by atoms with Crippen LogP contribution in [0.2, 0.25) is 0 Å². The van der Waals surface area contributed by atoms with E-state index in [1.807, 2.05) is 16.8 Å². The Hall–Kier alpha value is -2.49. The fraction of sp³-hybridized carbons (Fsp3) is 0.0556. The zero-order chi connectivity index (χ0) is 18.8. The molecule has 0 fully saturated rings. The van der Waals surface area contributed by atoms with Gasteiger partial charge in [-0.2, -0.15) is 11.3 Å². The molecule has 0 aliphatic carbocycles. The highest BCUT2D eigenvalue weighted by atomic mass is 32.1. The first-order valence-corrected chi connectivity index (χ1v) is 10.4. The third kappa shape index (κ3) is 4.10. The van der Waals surface area contributed by atoms with E-state index in [9.17, 15) is 13.6 Å². The predicted octanol–water partition coefficient (Wildman–Crippen LogP) is 5.45. The largest absolute Gasteiger partial charge is 0.296 e. The third-order valence-electron chi connectivity index (χ3n) is 3.66. The van der Waals surface area contributed by atoms with E-state index in [1.165, 1.54) is 34.8 Å². The van der Waals surface area contributed by atoms with Gasteiger partial charge in [-0.1, -0.05) is 6.07 Å². The molecule has 0 atom stereocenters. The summed E-state index contributed by atoms with van der Waals surface area (Å²) in [5, 5.41) is 9.53. The number of nitrogens with zero attached hydrogens (tertiary/aromatic N) is 2. The molecule has 0 radical (unpaired) electrons. The Kier molecular flexibility index (Phi) is 5.06. The van der Waals surface area contributed by atoms with Gasteiger partial charge in [0, 0.05) is 39.9 Å². The minimum absolute atomic E-state index is 0.276. The van der Waals surface area contributed by atoms with Crippen LogP contribution in [-0.4, -0.2) is 15.9 Å². The molecule has 27 heavy (non-hydrogen) atoms. The zero-order valence-corrected chi connectivity index (χ0v) is 16.1. The molecule has 3 aromatic heterocycles. The summed E-state index contributed by atoms with van der Waals surface area (Å²) in [6.07, 6.45) is 1.85. The average Bonchev–Trinajstić information content (AvgIpc) is 3.37. The lowest BCUT2D eigenvalue weighted by atomic mass is 10.1. The van der Waals surface area contributed by atoms with Crippen molar-refractivity contribution in [2.45, 2.75) is 6.42 Å². The summed E-state index contributed by atoms with van der Waals surface area (Å²) in [5.74, 6) is -1.56. The Bertz CT molecular complexity index is 1090. The van der Waals surface area contributed by atoms with Gasteiger partial charge in [-0.3, -0.25) is 10.1 Å². The van der Waals surface area contributed by atoms with Crippen LogP contribution in [0.1, 0.15) is 20.9 Å². The summed E-state index contributed by atoms with van der Waals surface area (Å²) in [6, 6.07) is 5.43. The number of carbonyl (C=O) groups excluding carboxylic acids is 1. The fourth-order valence-electron chi connectivity index (χ4n) is 2.36. The molecule has 0 unspecified atom stereocenters. The first kappa shape index (κ1) is 17.9. The van der Waals surface area contributed by atoms with Crippen molar-refractivity contribution in [3.05, 3.63) is 74.4 Å². The van der Waals surface area contributed by atoms with Gasteiger partial charge in [0.25, 0.3) is 5.91 Å². The van der Waals surface area contributed by atoms with Crippen LogP contribution in [0.5, 0.6) is 0 Å². The number of thiophene rings is 1. The van der Waals surface area contributed by atoms with Crippen LogP contribution in [0.25, 0.3) is 10.6 Å². The summed E-state index contributed by atoms with van der Waals surface area (Å²) in [6.45, 7) is 0. The van der Waals surface area contributed by atoms with Crippen molar-refractivity contribution >= 4 is 45.0 Å². The quantitative estimate of drug-likeness (QED) is 0.468. The summed E-state index contributed by atoms with van der Waals surface area (Å²) in [7, 11) is 0. The first-order chi connectivity index (χ1) is 13.1. The lowest BCUT2D eigenvalue weighted by molar-refractivity contribution is 0.102. The molecule has 1 N–H and O–H groups in total. The SMILES string of the molecule is O=C(Nc1ncc(Cc2ccc(F)cc2F)s1)c1csc(-c2ccsc2)n1. The van der Waals surface area contributed by atoms with Gasteiger partial charge in [-0.15, -0.1) is 22.7 Å². The summed E-state index contributed by atoms with van der Waals surface area (Å²) < 4.78 is 26.7. The van der Waals surface area contributed by atoms with Gasteiger partial charge in [0.05, 0.1) is 0 Å². The van der Waals surface area contributed by atoms with Gasteiger partial charge in [0.1, 0.15) is 22.3 Å². The maximum absolute atomic E-state index is 13.8. The molecular formula is C18H11F2N3OS3. The van der Waals surface area contributed by atoms with E-state index >= 15 is 0 Å². The van der Waals surface area contributed by atoms with Crippen molar-refractivity contribution < 1.29 is 13.6 Å². The summed E-state index contributed by atoms with van der Waals surface area (Å²) in [4.78, 5) is 21.6. The highest BCUT2D eigenvalue weighted by molar-refractivity contribution is 7.16. The molecule has 3 heterocycles. The molecule has 0 aliphatic rings. The molecule has 0 saturated heterocycles. The maximum atomic E-state index is 13.8. The summed E-state index contributed by atoms with van der Waals surface area (Å²) >= 11 is 4.21. The van der Waals surface area contributed by atoms with Crippen LogP contribution in [0, 0.1) is 11.6 Å². The van der Waals surface area contributed by atoms with Crippen molar-refractivity contribution in [3.8, 4) is 10.6 Å². The normalized spacial score (nSPS) is 10.9. The van der Waals surface area contributed by atoms with E-state index in [4.69, 9.17) is 0 Å². The minimum Gasteiger partial charge on any atom is -0.296 e. The molecule has 4 rings (SSSR count). The van der Waals surface area contributed by atoms with Crippen LogP contribution >= 0.6 is 34.0 Å². The van der Waals surface area contributed by atoms with E-state index in [1.54, 1.807) is 22.9 Å². The molecule has 4 nitrogen and oxygen atoms in total. The third-order valence-corrected chi connectivity index (χ3v) is 6.15. The molecule has 9 heteroatoms.